The van der Waals surface area contributed by atoms with Gasteiger partial charge >= 0.3 is 0 Å². The van der Waals surface area contributed by atoms with Crippen molar-refractivity contribution in [2.75, 3.05) is 0 Å². The number of fused-ring (bicyclic) bond motifs is 1. The van der Waals surface area contributed by atoms with Crippen molar-refractivity contribution in [2.24, 2.45) is 0 Å². The summed E-state index contributed by atoms with van der Waals surface area (Å²) in [6.45, 7) is 0. The van der Waals surface area contributed by atoms with E-state index in [-0.39, 0.29) is 12.3 Å². The fourth-order valence-electron chi connectivity index (χ4n) is 1.95. The highest BCUT2D eigenvalue weighted by Gasteiger charge is 2.27. The van der Waals surface area contributed by atoms with Gasteiger partial charge in [-0.25, -0.2) is 0 Å². The molecule has 0 saturated heterocycles. The van der Waals surface area contributed by atoms with E-state index >= 15 is 0 Å². The summed E-state index contributed by atoms with van der Waals surface area (Å²) in [6.07, 6.45) is 1.62. The third kappa shape index (κ3) is 2.18. The smallest absolute Gasteiger partial charge is 0.263 e. The van der Waals surface area contributed by atoms with Crippen molar-refractivity contribution in [1.82, 2.24) is 10.3 Å². The highest BCUT2D eigenvalue weighted by Crippen LogP contribution is 2.28. The Balaban J connectivity index is 2.02. The minimum atomic E-state index is -0.467. The Labute approximate surface area is 109 Å². The zero-order valence-corrected chi connectivity index (χ0v) is 9.92. The molecule has 2 heterocycles. The summed E-state index contributed by atoms with van der Waals surface area (Å²) < 4.78 is 5.67. The number of carbonyl (C=O) groups is 2. The summed E-state index contributed by atoms with van der Waals surface area (Å²) in [5.74, 6) is 0.217. The highest BCUT2D eigenvalue weighted by atomic mass is 16.5. The number of carbonyl (C=O) groups excluding carboxylic acids is 2. The van der Waals surface area contributed by atoms with Gasteiger partial charge in [-0.05, 0) is 18.2 Å². The van der Waals surface area contributed by atoms with Gasteiger partial charge in [-0.1, -0.05) is 18.2 Å². The first-order chi connectivity index (χ1) is 9.24. The fraction of sp³-hybridized carbons (Fsp3) is 0.0714. The largest absolute Gasteiger partial charge is 0.456 e. The van der Waals surface area contributed by atoms with E-state index in [1.165, 1.54) is 6.20 Å². The van der Waals surface area contributed by atoms with Crippen molar-refractivity contribution >= 4 is 11.8 Å². The number of aromatic nitrogens is 1. The van der Waals surface area contributed by atoms with Gasteiger partial charge in [-0.3, -0.25) is 19.9 Å². The summed E-state index contributed by atoms with van der Waals surface area (Å²) in [7, 11) is 0. The number of hydrogen-bond donors (Lipinski definition) is 1. The third-order valence-electron chi connectivity index (χ3n) is 2.77. The van der Waals surface area contributed by atoms with Crippen LogP contribution in [0.4, 0.5) is 0 Å². The molecule has 0 atom stereocenters. The molecule has 19 heavy (non-hydrogen) atoms. The van der Waals surface area contributed by atoms with Gasteiger partial charge in [0.15, 0.2) is 0 Å². The van der Waals surface area contributed by atoms with E-state index in [1.54, 1.807) is 18.2 Å². The molecule has 1 aliphatic heterocycles. The Kier molecular flexibility index (Phi) is 2.72. The molecule has 0 unspecified atom stereocenters. The standard InChI is InChI=1S/C14H10N2O3/c17-12-8-10-13(14(18)16-12)11(6-7-15-10)19-9-4-2-1-3-5-9/h1-7H,8H2,(H,16,17,18). The van der Waals surface area contributed by atoms with Crippen LogP contribution in [0.3, 0.4) is 0 Å². The van der Waals surface area contributed by atoms with Crippen LogP contribution in [0.25, 0.3) is 0 Å². The summed E-state index contributed by atoms with van der Waals surface area (Å²) >= 11 is 0. The number of ether oxygens (including phenoxy) is 1. The molecule has 1 aromatic carbocycles. The predicted molar refractivity (Wildman–Crippen MR) is 66.9 cm³/mol. The normalized spacial score (nSPS) is 13.7. The zero-order valence-electron chi connectivity index (χ0n) is 9.92. The first-order valence-corrected chi connectivity index (χ1v) is 5.79. The number of hydrogen-bond acceptors (Lipinski definition) is 4. The zero-order chi connectivity index (χ0) is 13.2. The van der Waals surface area contributed by atoms with Crippen molar-refractivity contribution in [2.45, 2.75) is 6.42 Å². The second-order valence-electron chi connectivity index (χ2n) is 4.10. The average Bonchev–Trinajstić information content (AvgIpc) is 2.39. The lowest BCUT2D eigenvalue weighted by atomic mass is 10.1. The van der Waals surface area contributed by atoms with Gasteiger partial charge in [0.1, 0.15) is 17.1 Å². The number of amides is 2. The molecule has 2 amide bonds. The molecule has 2 aromatic rings. The Morgan fingerprint density at radius 3 is 2.68 bits per heavy atom. The Bertz CT molecular complexity index is 653. The molecule has 94 valence electrons. The third-order valence-corrected chi connectivity index (χ3v) is 2.77. The van der Waals surface area contributed by atoms with E-state index in [9.17, 15) is 9.59 Å². The number of para-hydroxylation sites is 1. The first kappa shape index (κ1) is 11.4. The molecular weight excluding hydrogens is 244 g/mol. The van der Waals surface area contributed by atoms with Crippen LogP contribution in [0.5, 0.6) is 11.5 Å². The maximum atomic E-state index is 11.9. The molecule has 0 spiro atoms. The molecule has 0 fully saturated rings. The maximum absolute atomic E-state index is 11.9. The van der Waals surface area contributed by atoms with Gasteiger partial charge in [-0.2, -0.15) is 0 Å². The number of pyridine rings is 1. The van der Waals surface area contributed by atoms with Crippen LogP contribution in [0.15, 0.2) is 42.6 Å². The molecule has 0 saturated carbocycles. The molecule has 0 radical (unpaired) electrons. The summed E-state index contributed by atoms with van der Waals surface area (Å²) in [5.41, 5.74) is 0.771. The minimum Gasteiger partial charge on any atom is -0.456 e. The van der Waals surface area contributed by atoms with Gasteiger partial charge < -0.3 is 4.74 Å². The van der Waals surface area contributed by atoms with E-state index in [1.807, 2.05) is 18.2 Å². The molecule has 1 N–H and O–H groups in total. The molecule has 5 heteroatoms. The topological polar surface area (TPSA) is 68.3 Å². The van der Waals surface area contributed by atoms with Crippen LogP contribution in [-0.2, 0) is 11.2 Å². The second kappa shape index (κ2) is 4.53. The Morgan fingerprint density at radius 1 is 1.11 bits per heavy atom. The maximum Gasteiger partial charge on any atom is 0.263 e. The predicted octanol–water partition coefficient (Wildman–Crippen LogP) is 1.69. The summed E-state index contributed by atoms with van der Waals surface area (Å²) in [6, 6.07) is 10.7. The Morgan fingerprint density at radius 2 is 1.89 bits per heavy atom. The van der Waals surface area contributed by atoms with Crippen molar-refractivity contribution in [3.05, 3.63) is 53.9 Å². The molecule has 0 bridgehead atoms. The lowest BCUT2D eigenvalue weighted by Gasteiger charge is -2.17. The lowest BCUT2D eigenvalue weighted by molar-refractivity contribution is -0.119. The van der Waals surface area contributed by atoms with Crippen LogP contribution in [-0.4, -0.2) is 16.8 Å². The molecule has 1 aromatic heterocycles. The number of nitrogens with one attached hydrogen (secondary N) is 1. The summed E-state index contributed by atoms with van der Waals surface area (Å²) in [4.78, 5) is 27.2. The quantitative estimate of drug-likeness (QED) is 0.828. The lowest BCUT2D eigenvalue weighted by Crippen LogP contribution is -2.37. The number of rotatable bonds is 2. The average molecular weight is 254 g/mol. The van der Waals surface area contributed by atoms with Crippen LogP contribution in [0, 0.1) is 0 Å². The van der Waals surface area contributed by atoms with Gasteiger partial charge in [0.05, 0.1) is 12.1 Å². The fourth-order valence-corrected chi connectivity index (χ4v) is 1.95. The van der Waals surface area contributed by atoms with Crippen LogP contribution >= 0.6 is 0 Å². The molecule has 0 aliphatic carbocycles. The van der Waals surface area contributed by atoms with Gasteiger partial charge in [0.2, 0.25) is 5.91 Å². The highest BCUT2D eigenvalue weighted by molar-refractivity contribution is 6.10. The van der Waals surface area contributed by atoms with Crippen molar-refractivity contribution < 1.29 is 14.3 Å². The van der Waals surface area contributed by atoms with Crippen molar-refractivity contribution in [3.63, 3.8) is 0 Å². The monoisotopic (exact) mass is 254 g/mol. The number of nitrogens with zero attached hydrogens (tertiary/aromatic N) is 1. The van der Waals surface area contributed by atoms with Gasteiger partial charge in [0.25, 0.3) is 5.91 Å². The second-order valence-corrected chi connectivity index (χ2v) is 4.10. The van der Waals surface area contributed by atoms with Gasteiger partial charge in [0, 0.05) is 6.20 Å². The van der Waals surface area contributed by atoms with E-state index in [0.29, 0.717) is 22.8 Å². The van der Waals surface area contributed by atoms with E-state index in [2.05, 4.69) is 10.3 Å². The van der Waals surface area contributed by atoms with E-state index < -0.39 is 5.91 Å². The SMILES string of the molecule is O=C1Cc2nccc(Oc3ccccc3)c2C(=O)N1. The number of imide groups is 1. The van der Waals surface area contributed by atoms with E-state index in [4.69, 9.17) is 4.74 Å². The first-order valence-electron chi connectivity index (χ1n) is 5.79. The van der Waals surface area contributed by atoms with Crippen LogP contribution < -0.4 is 10.1 Å². The van der Waals surface area contributed by atoms with Crippen molar-refractivity contribution in [1.29, 1.82) is 0 Å². The molecule has 3 rings (SSSR count). The molecular formula is C14H10N2O3. The van der Waals surface area contributed by atoms with Gasteiger partial charge in [-0.15, -0.1) is 0 Å². The van der Waals surface area contributed by atoms with Crippen LogP contribution in [0.1, 0.15) is 16.1 Å². The minimum absolute atomic E-state index is 0.0903. The van der Waals surface area contributed by atoms with Crippen molar-refractivity contribution in [3.8, 4) is 11.5 Å². The summed E-state index contributed by atoms with van der Waals surface area (Å²) in [5, 5.41) is 2.26. The van der Waals surface area contributed by atoms with E-state index in [0.717, 1.165) is 0 Å². The van der Waals surface area contributed by atoms with Crippen LogP contribution in [0.2, 0.25) is 0 Å². The molecule has 1 aliphatic rings. The number of benzene rings is 1. The Hall–Kier alpha value is -2.69. The molecule has 5 nitrogen and oxygen atoms in total.